The Hall–Kier alpha value is -1.63. The monoisotopic (exact) mass is 383 g/mol. The van der Waals surface area contributed by atoms with E-state index in [-0.39, 0.29) is 18.3 Å². The molecule has 1 aliphatic heterocycles. The molecule has 0 aromatic carbocycles. The number of carbonyl (C=O) groups excluding carboxylic acids is 1. The van der Waals surface area contributed by atoms with Gasteiger partial charge in [-0.15, -0.1) is 12.4 Å². The first-order valence-corrected chi connectivity index (χ1v) is 8.54. The van der Waals surface area contributed by atoms with E-state index >= 15 is 0 Å². The normalized spacial score (nSPS) is 17.3. The van der Waals surface area contributed by atoms with Crippen LogP contribution in [0.3, 0.4) is 0 Å². The van der Waals surface area contributed by atoms with Gasteiger partial charge in [0.15, 0.2) is 5.82 Å². The van der Waals surface area contributed by atoms with Crippen LogP contribution in [-0.2, 0) is 0 Å². The van der Waals surface area contributed by atoms with Crippen LogP contribution < -0.4 is 5.32 Å². The number of aromatic nitrogens is 3. The van der Waals surface area contributed by atoms with E-state index in [0.717, 1.165) is 30.8 Å². The third-order valence-electron chi connectivity index (χ3n) is 4.38. The molecule has 2 aromatic rings. The van der Waals surface area contributed by atoms with Gasteiger partial charge in [0.05, 0.1) is 10.7 Å². The number of amides is 1. The zero-order chi connectivity index (χ0) is 17.3. The quantitative estimate of drug-likeness (QED) is 0.884. The number of hydrogen-bond acceptors (Lipinski definition) is 4. The number of likely N-dealkylation sites (tertiary alicyclic amines) is 1. The molecule has 25 heavy (non-hydrogen) atoms. The lowest BCUT2D eigenvalue weighted by atomic mass is 10.1. The maximum absolute atomic E-state index is 12.9. The van der Waals surface area contributed by atoms with Crippen molar-refractivity contribution in [1.29, 1.82) is 0 Å². The summed E-state index contributed by atoms with van der Waals surface area (Å²) in [5, 5.41) is 8.04. The summed E-state index contributed by atoms with van der Waals surface area (Å²) in [5.74, 6) is 0.485. The van der Waals surface area contributed by atoms with Gasteiger partial charge in [-0.1, -0.05) is 11.6 Å². The molecule has 6 nitrogen and oxygen atoms in total. The van der Waals surface area contributed by atoms with Crippen molar-refractivity contribution in [3.63, 3.8) is 0 Å². The summed E-state index contributed by atoms with van der Waals surface area (Å²) in [4.78, 5) is 19.2. The molecule has 3 rings (SSSR count). The van der Waals surface area contributed by atoms with Crippen molar-refractivity contribution in [2.24, 2.45) is 0 Å². The number of pyridine rings is 1. The van der Waals surface area contributed by atoms with Crippen LogP contribution in [0.5, 0.6) is 0 Å². The second kappa shape index (κ2) is 8.17. The summed E-state index contributed by atoms with van der Waals surface area (Å²) in [5.41, 5.74) is 2.16. The van der Waals surface area contributed by atoms with Gasteiger partial charge in [0.1, 0.15) is 5.69 Å². The smallest absolute Gasteiger partial charge is 0.274 e. The van der Waals surface area contributed by atoms with Gasteiger partial charge in [0.2, 0.25) is 0 Å². The van der Waals surface area contributed by atoms with Crippen LogP contribution in [0.15, 0.2) is 18.2 Å². The number of hydrogen-bond donors (Lipinski definition) is 1. The van der Waals surface area contributed by atoms with E-state index in [1.54, 1.807) is 16.8 Å². The maximum Gasteiger partial charge on any atom is 0.274 e. The number of nitrogens with one attached hydrogen (secondary N) is 1. The van der Waals surface area contributed by atoms with Crippen LogP contribution in [0.1, 0.15) is 34.7 Å². The standard InChI is InChI=1S/C17H22ClN5O.ClH/c1-11-9-12(2)23(21-11)15-7-6-14(18)16(20-15)17(24)22-8-4-5-13(10-22)19-3;/h6-7,9,13,19H,4-5,8,10H2,1-3H3;1H. The van der Waals surface area contributed by atoms with E-state index in [9.17, 15) is 4.79 Å². The van der Waals surface area contributed by atoms with Crippen LogP contribution in [0.25, 0.3) is 5.82 Å². The first-order chi connectivity index (χ1) is 11.5. The number of rotatable bonds is 3. The second-order valence-corrected chi connectivity index (χ2v) is 6.62. The fourth-order valence-electron chi connectivity index (χ4n) is 3.11. The van der Waals surface area contributed by atoms with Gasteiger partial charge in [-0.25, -0.2) is 9.67 Å². The molecule has 0 bridgehead atoms. The highest BCUT2D eigenvalue weighted by molar-refractivity contribution is 6.33. The zero-order valence-electron chi connectivity index (χ0n) is 14.6. The highest BCUT2D eigenvalue weighted by Crippen LogP contribution is 2.21. The van der Waals surface area contributed by atoms with Crippen LogP contribution in [-0.4, -0.2) is 51.8 Å². The van der Waals surface area contributed by atoms with E-state index in [2.05, 4.69) is 15.4 Å². The highest BCUT2D eigenvalue weighted by Gasteiger charge is 2.26. The Morgan fingerprint density at radius 1 is 1.36 bits per heavy atom. The van der Waals surface area contributed by atoms with Crippen molar-refractivity contribution >= 4 is 29.9 Å². The summed E-state index contributed by atoms with van der Waals surface area (Å²) in [6, 6.07) is 5.79. The zero-order valence-corrected chi connectivity index (χ0v) is 16.2. The summed E-state index contributed by atoms with van der Waals surface area (Å²) in [6.45, 7) is 5.30. The largest absolute Gasteiger partial charge is 0.336 e. The van der Waals surface area contributed by atoms with E-state index in [0.29, 0.717) is 29.1 Å². The van der Waals surface area contributed by atoms with Gasteiger partial charge in [0, 0.05) is 24.8 Å². The number of likely N-dealkylation sites (N-methyl/N-ethyl adjacent to an activating group) is 1. The van der Waals surface area contributed by atoms with E-state index in [4.69, 9.17) is 11.6 Å². The van der Waals surface area contributed by atoms with Crippen molar-refractivity contribution in [3.05, 3.63) is 40.3 Å². The third-order valence-corrected chi connectivity index (χ3v) is 4.68. The van der Waals surface area contributed by atoms with Gasteiger partial charge in [-0.3, -0.25) is 4.79 Å². The van der Waals surface area contributed by atoms with Gasteiger partial charge in [0.25, 0.3) is 5.91 Å². The molecule has 0 spiro atoms. The summed E-state index contributed by atoms with van der Waals surface area (Å²) in [6.07, 6.45) is 2.05. The van der Waals surface area contributed by atoms with Crippen LogP contribution in [0.4, 0.5) is 0 Å². The molecule has 0 aliphatic carbocycles. The van der Waals surface area contributed by atoms with Gasteiger partial charge in [-0.2, -0.15) is 5.10 Å². The number of carbonyl (C=O) groups is 1. The lowest BCUT2D eigenvalue weighted by Gasteiger charge is -2.32. The third kappa shape index (κ3) is 4.14. The Bertz CT molecular complexity index is 761. The van der Waals surface area contributed by atoms with Crippen molar-refractivity contribution in [2.75, 3.05) is 20.1 Å². The van der Waals surface area contributed by atoms with Crippen LogP contribution >= 0.6 is 24.0 Å². The minimum absolute atomic E-state index is 0. The molecule has 1 aliphatic rings. The molecular formula is C17H23Cl2N5O. The first-order valence-electron chi connectivity index (χ1n) is 8.16. The molecule has 0 radical (unpaired) electrons. The Kier molecular flexibility index (Phi) is 6.43. The predicted octanol–water partition coefficient (Wildman–Crippen LogP) is 2.78. The molecule has 1 unspecified atom stereocenters. The fraction of sp³-hybridized carbons (Fsp3) is 0.471. The topological polar surface area (TPSA) is 63.1 Å². The first kappa shape index (κ1) is 19.7. The Morgan fingerprint density at radius 3 is 2.76 bits per heavy atom. The fourth-order valence-corrected chi connectivity index (χ4v) is 3.29. The van der Waals surface area contributed by atoms with Crippen molar-refractivity contribution < 1.29 is 4.79 Å². The molecule has 0 saturated carbocycles. The van der Waals surface area contributed by atoms with E-state index < -0.39 is 0 Å². The molecule has 136 valence electrons. The molecule has 1 amide bonds. The molecule has 1 N–H and O–H groups in total. The molecule has 1 saturated heterocycles. The summed E-state index contributed by atoms with van der Waals surface area (Å²) in [7, 11) is 1.92. The molecule has 2 aromatic heterocycles. The molecular weight excluding hydrogens is 361 g/mol. The SMILES string of the molecule is CNC1CCCN(C(=O)c2nc(-n3nc(C)cc3C)ccc2Cl)C1.Cl. The minimum atomic E-state index is -0.122. The molecule has 1 atom stereocenters. The number of aryl methyl sites for hydroxylation is 2. The van der Waals surface area contributed by atoms with E-state index in [1.165, 1.54) is 0 Å². The van der Waals surface area contributed by atoms with Gasteiger partial charge in [-0.05, 0) is 51.9 Å². The van der Waals surface area contributed by atoms with Crippen molar-refractivity contribution in [1.82, 2.24) is 25.0 Å². The number of halogens is 2. The average Bonchev–Trinajstić information content (AvgIpc) is 2.93. The minimum Gasteiger partial charge on any atom is -0.336 e. The second-order valence-electron chi connectivity index (χ2n) is 6.22. The lowest BCUT2D eigenvalue weighted by molar-refractivity contribution is 0.0692. The predicted molar refractivity (Wildman–Crippen MR) is 101 cm³/mol. The Morgan fingerprint density at radius 2 is 2.12 bits per heavy atom. The molecule has 8 heteroatoms. The van der Waals surface area contributed by atoms with Crippen LogP contribution in [0, 0.1) is 13.8 Å². The van der Waals surface area contributed by atoms with Crippen molar-refractivity contribution in [2.45, 2.75) is 32.7 Å². The highest BCUT2D eigenvalue weighted by atomic mass is 35.5. The summed E-state index contributed by atoms with van der Waals surface area (Å²) >= 11 is 6.26. The average molecular weight is 384 g/mol. The summed E-state index contributed by atoms with van der Waals surface area (Å²) < 4.78 is 1.73. The lowest BCUT2D eigenvalue weighted by Crippen LogP contribution is -2.47. The van der Waals surface area contributed by atoms with Gasteiger partial charge >= 0.3 is 0 Å². The maximum atomic E-state index is 12.9. The molecule has 3 heterocycles. The number of nitrogens with zero attached hydrogens (tertiary/aromatic N) is 4. The van der Waals surface area contributed by atoms with Crippen molar-refractivity contribution in [3.8, 4) is 5.82 Å². The van der Waals surface area contributed by atoms with Gasteiger partial charge < -0.3 is 10.2 Å². The Balaban J connectivity index is 0.00000225. The van der Waals surface area contributed by atoms with Crippen LogP contribution in [0.2, 0.25) is 5.02 Å². The molecule has 1 fully saturated rings. The number of piperidine rings is 1. The van der Waals surface area contributed by atoms with E-state index in [1.807, 2.05) is 31.9 Å². The Labute approximate surface area is 159 Å².